The SMILES string of the molecule is Cc1cc2c(c(CON)c1O)CCO2. The summed E-state index contributed by atoms with van der Waals surface area (Å²) >= 11 is 0. The number of phenols is 1. The minimum atomic E-state index is 0.221. The molecule has 4 nitrogen and oxygen atoms in total. The van der Waals surface area contributed by atoms with Crippen LogP contribution in [0, 0.1) is 6.92 Å². The zero-order valence-electron chi connectivity index (χ0n) is 8.04. The standard InChI is InChI=1S/C10H13NO3/c1-6-4-9-7(2-3-13-9)8(5-14-11)10(6)12/h4,12H,2-3,5,11H2,1H3. The molecular weight excluding hydrogens is 182 g/mol. The van der Waals surface area contributed by atoms with E-state index in [2.05, 4.69) is 4.84 Å². The first-order chi connectivity index (χ1) is 6.74. The fraction of sp³-hybridized carbons (Fsp3) is 0.400. The van der Waals surface area contributed by atoms with Crippen molar-refractivity contribution in [1.29, 1.82) is 0 Å². The van der Waals surface area contributed by atoms with Crippen LogP contribution in [-0.2, 0) is 17.9 Å². The zero-order valence-corrected chi connectivity index (χ0v) is 8.04. The lowest BCUT2D eigenvalue weighted by atomic mass is 10.0. The summed E-state index contributed by atoms with van der Waals surface area (Å²) in [5, 5.41) is 9.80. The molecule has 76 valence electrons. The lowest BCUT2D eigenvalue weighted by molar-refractivity contribution is 0.121. The van der Waals surface area contributed by atoms with Gasteiger partial charge < -0.3 is 9.84 Å². The molecule has 14 heavy (non-hydrogen) atoms. The Morgan fingerprint density at radius 3 is 3.14 bits per heavy atom. The molecule has 1 aliphatic rings. The van der Waals surface area contributed by atoms with Gasteiger partial charge in [-0.25, -0.2) is 5.90 Å². The lowest BCUT2D eigenvalue weighted by Gasteiger charge is -2.10. The number of nitrogens with two attached hydrogens (primary N) is 1. The average molecular weight is 195 g/mol. The molecule has 0 amide bonds. The summed E-state index contributed by atoms with van der Waals surface area (Å²) in [5.41, 5.74) is 2.55. The second-order valence-corrected chi connectivity index (χ2v) is 3.41. The van der Waals surface area contributed by atoms with Crippen LogP contribution in [0.2, 0.25) is 0 Å². The van der Waals surface area contributed by atoms with Crippen LogP contribution in [0.3, 0.4) is 0 Å². The summed E-state index contributed by atoms with van der Waals surface area (Å²) in [6, 6.07) is 1.84. The quantitative estimate of drug-likeness (QED) is 0.692. The highest BCUT2D eigenvalue weighted by Gasteiger charge is 2.20. The second-order valence-electron chi connectivity index (χ2n) is 3.41. The van der Waals surface area contributed by atoms with E-state index in [0.29, 0.717) is 6.61 Å². The Kier molecular flexibility index (Phi) is 2.31. The van der Waals surface area contributed by atoms with Gasteiger partial charge in [0.15, 0.2) is 0 Å². The smallest absolute Gasteiger partial charge is 0.124 e. The molecule has 0 saturated carbocycles. The van der Waals surface area contributed by atoms with E-state index in [4.69, 9.17) is 10.6 Å². The molecule has 0 atom stereocenters. The van der Waals surface area contributed by atoms with Gasteiger partial charge in [-0.05, 0) is 18.6 Å². The summed E-state index contributed by atoms with van der Waals surface area (Å²) in [4.78, 5) is 4.57. The molecule has 2 rings (SSSR count). The van der Waals surface area contributed by atoms with Gasteiger partial charge in [0.25, 0.3) is 0 Å². The highest BCUT2D eigenvalue weighted by Crippen LogP contribution is 2.36. The van der Waals surface area contributed by atoms with Crippen molar-refractivity contribution >= 4 is 0 Å². The van der Waals surface area contributed by atoms with Gasteiger partial charge >= 0.3 is 0 Å². The van der Waals surface area contributed by atoms with Gasteiger partial charge in [-0.15, -0.1) is 0 Å². The van der Waals surface area contributed by atoms with Gasteiger partial charge in [0, 0.05) is 17.5 Å². The Bertz CT molecular complexity index is 363. The van der Waals surface area contributed by atoms with E-state index in [9.17, 15) is 5.11 Å². The van der Waals surface area contributed by atoms with E-state index in [0.717, 1.165) is 28.9 Å². The van der Waals surface area contributed by atoms with Crippen molar-refractivity contribution in [2.45, 2.75) is 20.0 Å². The number of rotatable bonds is 2. The number of benzene rings is 1. The minimum absolute atomic E-state index is 0.221. The van der Waals surface area contributed by atoms with Crippen LogP contribution in [-0.4, -0.2) is 11.7 Å². The van der Waals surface area contributed by atoms with E-state index in [1.54, 1.807) is 0 Å². The molecule has 0 bridgehead atoms. The summed E-state index contributed by atoms with van der Waals surface area (Å²) < 4.78 is 5.41. The fourth-order valence-corrected chi connectivity index (χ4v) is 1.79. The van der Waals surface area contributed by atoms with Gasteiger partial charge in [-0.3, -0.25) is 4.84 Å². The minimum Gasteiger partial charge on any atom is -0.507 e. The highest BCUT2D eigenvalue weighted by atomic mass is 16.6. The van der Waals surface area contributed by atoms with E-state index in [1.165, 1.54) is 0 Å². The number of hydrogen-bond donors (Lipinski definition) is 2. The van der Waals surface area contributed by atoms with Crippen LogP contribution in [0.15, 0.2) is 6.07 Å². The van der Waals surface area contributed by atoms with Crippen molar-refractivity contribution < 1.29 is 14.7 Å². The van der Waals surface area contributed by atoms with E-state index in [1.807, 2.05) is 13.0 Å². The molecule has 0 fully saturated rings. The third-order valence-corrected chi connectivity index (χ3v) is 2.51. The maximum absolute atomic E-state index is 9.80. The number of phenolic OH excluding ortho intramolecular Hbond substituents is 1. The van der Waals surface area contributed by atoms with Gasteiger partial charge in [-0.1, -0.05) is 0 Å². The third kappa shape index (κ3) is 1.32. The first kappa shape index (κ1) is 9.30. The van der Waals surface area contributed by atoms with Crippen LogP contribution >= 0.6 is 0 Å². The lowest BCUT2D eigenvalue weighted by Crippen LogP contribution is -2.02. The average Bonchev–Trinajstić information content (AvgIpc) is 2.60. The Morgan fingerprint density at radius 1 is 1.64 bits per heavy atom. The molecule has 1 aliphatic heterocycles. The first-order valence-electron chi connectivity index (χ1n) is 4.53. The molecule has 3 N–H and O–H groups in total. The van der Waals surface area contributed by atoms with E-state index >= 15 is 0 Å². The number of fused-ring (bicyclic) bond motifs is 1. The van der Waals surface area contributed by atoms with Crippen molar-refractivity contribution in [1.82, 2.24) is 0 Å². The van der Waals surface area contributed by atoms with Gasteiger partial charge in [0.1, 0.15) is 11.5 Å². The molecule has 1 aromatic rings. The summed E-state index contributed by atoms with van der Waals surface area (Å²) in [6.07, 6.45) is 0.807. The number of aryl methyl sites for hydroxylation is 1. The van der Waals surface area contributed by atoms with Crippen LogP contribution in [0.5, 0.6) is 11.5 Å². The molecule has 4 heteroatoms. The predicted octanol–water partition coefficient (Wildman–Crippen LogP) is 1.03. The maximum atomic E-state index is 9.80. The Hall–Kier alpha value is -1.26. The molecule has 1 heterocycles. The van der Waals surface area contributed by atoms with Crippen LogP contribution in [0.1, 0.15) is 16.7 Å². The second kappa shape index (κ2) is 3.48. The molecular formula is C10H13NO3. The van der Waals surface area contributed by atoms with Crippen molar-refractivity contribution in [3.05, 3.63) is 22.8 Å². The van der Waals surface area contributed by atoms with Crippen molar-refractivity contribution in [2.24, 2.45) is 5.90 Å². The molecule has 0 aliphatic carbocycles. The molecule has 0 saturated heterocycles. The maximum Gasteiger partial charge on any atom is 0.124 e. The first-order valence-corrected chi connectivity index (χ1v) is 4.53. The van der Waals surface area contributed by atoms with Gasteiger partial charge in [-0.2, -0.15) is 0 Å². The normalized spacial score (nSPS) is 13.9. The van der Waals surface area contributed by atoms with Crippen LogP contribution in [0.25, 0.3) is 0 Å². The van der Waals surface area contributed by atoms with Crippen molar-refractivity contribution in [2.75, 3.05) is 6.61 Å². The molecule has 0 aromatic heterocycles. The largest absolute Gasteiger partial charge is 0.507 e. The van der Waals surface area contributed by atoms with Crippen LogP contribution < -0.4 is 10.6 Å². The molecule has 0 radical (unpaired) electrons. The third-order valence-electron chi connectivity index (χ3n) is 2.51. The highest BCUT2D eigenvalue weighted by molar-refractivity contribution is 5.53. The topological polar surface area (TPSA) is 64.7 Å². The van der Waals surface area contributed by atoms with Gasteiger partial charge in [0.2, 0.25) is 0 Å². The predicted molar refractivity (Wildman–Crippen MR) is 51.0 cm³/mol. The number of hydrogen-bond acceptors (Lipinski definition) is 4. The molecule has 1 aromatic carbocycles. The van der Waals surface area contributed by atoms with Crippen molar-refractivity contribution in [3.63, 3.8) is 0 Å². The van der Waals surface area contributed by atoms with E-state index < -0.39 is 0 Å². The summed E-state index contributed by atoms with van der Waals surface area (Å²) in [5.74, 6) is 6.13. The molecule has 0 unspecified atom stereocenters. The van der Waals surface area contributed by atoms with Gasteiger partial charge in [0.05, 0.1) is 13.2 Å². The Morgan fingerprint density at radius 2 is 2.43 bits per heavy atom. The summed E-state index contributed by atoms with van der Waals surface area (Å²) in [7, 11) is 0. The molecule has 0 spiro atoms. The zero-order chi connectivity index (χ0) is 10.1. The van der Waals surface area contributed by atoms with E-state index in [-0.39, 0.29) is 12.4 Å². The number of ether oxygens (including phenoxy) is 1. The fourth-order valence-electron chi connectivity index (χ4n) is 1.79. The van der Waals surface area contributed by atoms with Crippen molar-refractivity contribution in [3.8, 4) is 11.5 Å². The Balaban J connectivity index is 2.54. The number of aromatic hydroxyl groups is 1. The monoisotopic (exact) mass is 195 g/mol. The summed E-state index contributed by atoms with van der Waals surface area (Å²) in [6.45, 7) is 2.71. The van der Waals surface area contributed by atoms with Crippen LogP contribution in [0.4, 0.5) is 0 Å². The Labute approximate surface area is 82.2 Å².